The fourth-order valence-electron chi connectivity index (χ4n) is 1.89. The molecule has 0 aliphatic carbocycles. The third-order valence-corrected chi connectivity index (χ3v) is 3.63. The van der Waals surface area contributed by atoms with E-state index >= 15 is 0 Å². The predicted octanol–water partition coefficient (Wildman–Crippen LogP) is 2.77. The smallest absolute Gasteiger partial charge is 0.313 e. The van der Waals surface area contributed by atoms with E-state index in [4.69, 9.17) is 5.11 Å². The maximum atomic E-state index is 10.6. The van der Waals surface area contributed by atoms with E-state index in [1.165, 1.54) is 11.8 Å². The summed E-state index contributed by atoms with van der Waals surface area (Å²) in [5, 5.41) is 17.8. The molecule has 5 nitrogen and oxygen atoms in total. The highest BCUT2D eigenvalue weighted by atomic mass is 32.2. The molecule has 1 unspecified atom stereocenters. The topological polar surface area (TPSA) is 68.0 Å². The summed E-state index contributed by atoms with van der Waals surface area (Å²) in [6.45, 7) is 7.24. The van der Waals surface area contributed by atoms with Crippen LogP contribution in [0.25, 0.3) is 0 Å². The third-order valence-electron chi connectivity index (χ3n) is 2.68. The molecule has 0 fully saturated rings. The molecule has 0 saturated heterocycles. The van der Waals surface area contributed by atoms with Crippen molar-refractivity contribution in [3.8, 4) is 0 Å². The average molecular weight is 271 g/mol. The van der Waals surface area contributed by atoms with Crippen LogP contribution in [0.3, 0.4) is 0 Å². The van der Waals surface area contributed by atoms with Crippen molar-refractivity contribution in [3.05, 3.63) is 5.82 Å². The molecule has 1 heterocycles. The van der Waals surface area contributed by atoms with E-state index in [9.17, 15) is 4.79 Å². The number of carboxylic acids is 1. The maximum absolute atomic E-state index is 10.6. The van der Waals surface area contributed by atoms with Crippen molar-refractivity contribution in [2.24, 2.45) is 0 Å². The van der Waals surface area contributed by atoms with Crippen LogP contribution in [0.1, 0.15) is 51.8 Å². The van der Waals surface area contributed by atoms with Crippen LogP contribution in [-0.2, 0) is 11.3 Å². The Bertz CT molecular complexity index is 393. The number of nitrogens with zero attached hydrogens (tertiary/aromatic N) is 3. The summed E-state index contributed by atoms with van der Waals surface area (Å²) < 4.78 is 2.06. The molecule has 0 spiro atoms. The molecule has 0 radical (unpaired) electrons. The van der Waals surface area contributed by atoms with E-state index in [0.29, 0.717) is 5.92 Å². The van der Waals surface area contributed by atoms with E-state index < -0.39 is 5.97 Å². The molecule has 1 rings (SSSR count). The Balaban J connectivity index is 2.87. The lowest BCUT2D eigenvalue weighted by molar-refractivity contribution is -0.133. The SMILES string of the molecule is CCCC(C)c1nnc(SCC(=O)O)n1CCC. The average Bonchev–Trinajstić information content (AvgIpc) is 2.70. The Kier molecular flexibility index (Phi) is 6.18. The first kappa shape index (κ1) is 15.0. The lowest BCUT2D eigenvalue weighted by Gasteiger charge is -2.12. The summed E-state index contributed by atoms with van der Waals surface area (Å²) in [6, 6.07) is 0. The molecular formula is C12H21N3O2S. The molecule has 102 valence electrons. The molecule has 1 aromatic rings. The Hall–Kier alpha value is -1.04. The van der Waals surface area contributed by atoms with Gasteiger partial charge in [-0.05, 0) is 12.8 Å². The molecule has 18 heavy (non-hydrogen) atoms. The quantitative estimate of drug-likeness (QED) is 0.736. The molecule has 1 aromatic heterocycles. The van der Waals surface area contributed by atoms with Gasteiger partial charge in [-0.1, -0.05) is 39.0 Å². The number of rotatable bonds is 8. The molecule has 0 amide bonds. The van der Waals surface area contributed by atoms with Crippen LogP contribution in [0.4, 0.5) is 0 Å². The largest absolute Gasteiger partial charge is 0.481 e. The van der Waals surface area contributed by atoms with E-state index in [0.717, 1.165) is 36.8 Å². The van der Waals surface area contributed by atoms with Gasteiger partial charge in [-0.3, -0.25) is 4.79 Å². The molecule has 0 saturated carbocycles. The minimum Gasteiger partial charge on any atom is -0.481 e. The Morgan fingerprint density at radius 3 is 2.67 bits per heavy atom. The van der Waals surface area contributed by atoms with Gasteiger partial charge in [0.15, 0.2) is 5.16 Å². The van der Waals surface area contributed by atoms with Crippen molar-refractivity contribution in [1.29, 1.82) is 0 Å². The Morgan fingerprint density at radius 1 is 1.39 bits per heavy atom. The van der Waals surface area contributed by atoms with E-state index in [2.05, 4.69) is 35.5 Å². The van der Waals surface area contributed by atoms with E-state index in [-0.39, 0.29) is 5.75 Å². The lowest BCUT2D eigenvalue weighted by atomic mass is 10.1. The highest BCUT2D eigenvalue weighted by Crippen LogP contribution is 2.24. The zero-order valence-electron chi connectivity index (χ0n) is 11.2. The van der Waals surface area contributed by atoms with Crippen LogP contribution in [0, 0.1) is 0 Å². The normalized spacial score (nSPS) is 12.6. The van der Waals surface area contributed by atoms with Gasteiger partial charge in [0, 0.05) is 12.5 Å². The monoisotopic (exact) mass is 271 g/mol. The summed E-state index contributed by atoms with van der Waals surface area (Å²) in [4.78, 5) is 10.6. The standard InChI is InChI=1S/C12H21N3O2S/c1-4-6-9(3)11-13-14-12(15(11)7-5-2)18-8-10(16)17/h9H,4-8H2,1-3H3,(H,16,17). The zero-order chi connectivity index (χ0) is 13.5. The lowest BCUT2D eigenvalue weighted by Crippen LogP contribution is -2.09. The molecule has 0 aliphatic rings. The first-order chi connectivity index (χ1) is 8.60. The van der Waals surface area contributed by atoms with Gasteiger partial charge in [-0.15, -0.1) is 10.2 Å². The van der Waals surface area contributed by atoms with Crippen molar-refractivity contribution in [1.82, 2.24) is 14.8 Å². The number of hydrogen-bond donors (Lipinski definition) is 1. The predicted molar refractivity (Wildman–Crippen MR) is 72.0 cm³/mol. The fraction of sp³-hybridized carbons (Fsp3) is 0.750. The summed E-state index contributed by atoms with van der Waals surface area (Å²) in [5.41, 5.74) is 0. The van der Waals surface area contributed by atoms with Crippen LogP contribution in [0.2, 0.25) is 0 Å². The highest BCUT2D eigenvalue weighted by Gasteiger charge is 2.17. The second kappa shape index (κ2) is 7.41. The molecule has 0 aliphatic heterocycles. The Morgan fingerprint density at radius 2 is 2.11 bits per heavy atom. The van der Waals surface area contributed by atoms with Crippen LogP contribution in [0.15, 0.2) is 5.16 Å². The first-order valence-electron chi connectivity index (χ1n) is 6.37. The second-order valence-corrected chi connectivity index (χ2v) is 5.31. The zero-order valence-corrected chi connectivity index (χ0v) is 12.0. The molecule has 6 heteroatoms. The van der Waals surface area contributed by atoms with Crippen LogP contribution >= 0.6 is 11.8 Å². The number of aliphatic carboxylic acids is 1. The number of aromatic nitrogens is 3. The van der Waals surface area contributed by atoms with Gasteiger partial charge in [0.05, 0.1) is 5.75 Å². The summed E-state index contributed by atoms with van der Waals surface area (Å²) in [6.07, 6.45) is 3.17. The molecule has 1 N–H and O–H groups in total. The van der Waals surface area contributed by atoms with Crippen molar-refractivity contribution >= 4 is 17.7 Å². The van der Waals surface area contributed by atoms with Gasteiger partial charge < -0.3 is 9.67 Å². The maximum Gasteiger partial charge on any atom is 0.313 e. The number of hydrogen-bond acceptors (Lipinski definition) is 4. The minimum absolute atomic E-state index is 0.0318. The highest BCUT2D eigenvalue weighted by molar-refractivity contribution is 7.99. The van der Waals surface area contributed by atoms with Crippen molar-refractivity contribution in [3.63, 3.8) is 0 Å². The van der Waals surface area contributed by atoms with Crippen LogP contribution in [0.5, 0.6) is 0 Å². The van der Waals surface area contributed by atoms with Crippen molar-refractivity contribution in [2.75, 3.05) is 5.75 Å². The number of carboxylic acid groups (broad SMARTS) is 1. The number of carbonyl (C=O) groups is 1. The van der Waals surface area contributed by atoms with Crippen LogP contribution < -0.4 is 0 Å². The minimum atomic E-state index is -0.825. The molecule has 1 atom stereocenters. The van der Waals surface area contributed by atoms with Crippen LogP contribution in [-0.4, -0.2) is 31.6 Å². The Labute approximate surface area is 112 Å². The van der Waals surface area contributed by atoms with Gasteiger partial charge in [0.2, 0.25) is 0 Å². The second-order valence-electron chi connectivity index (χ2n) is 4.36. The van der Waals surface area contributed by atoms with Gasteiger partial charge >= 0.3 is 5.97 Å². The molecule has 0 aromatic carbocycles. The third kappa shape index (κ3) is 4.01. The van der Waals surface area contributed by atoms with E-state index in [1.54, 1.807) is 0 Å². The summed E-state index contributed by atoms with van der Waals surface area (Å²) in [5.74, 6) is 0.554. The molecule has 0 bridgehead atoms. The van der Waals surface area contributed by atoms with Crippen molar-refractivity contribution < 1.29 is 9.90 Å². The van der Waals surface area contributed by atoms with Gasteiger partial charge in [-0.25, -0.2) is 0 Å². The first-order valence-corrected chi connectivity index (χ1v) is 7.36. The summed E-state index contributed by atoms with van der Waals surface area (Å²) >= 11 is 1.24. The van der Waals surface area contributed by atoms with Gasteiger partial charge in [-0.2, -0.15) is 0 Å². The summed E-state index contributed by atoms with van der Waals surface area (Å²) in [7, 11) is 0. The molecular weight excluding hydrogens is 250 g/mol. The van der Waals surface area contributed by atoms with Gasteiger partial charge in [0.25, 0.3) is 0 Å². The fourth-order valence-corrected chi connectivity index (χ4v) is 2.59. The number of thioether (sulfide) groups is 1. The van der Waals surface area contributed by atoms with Crippen molar-refractivity contribution in [2.45, 2.75) is 57.7 Å². The van der Waals surface area contributed by atoms with Gasteiger partial charge in [0.1, 0.15) is 5.82 Å². The van der Waals surface area contributed by atoms with E-state index in [1.807, 2.05) is 0 Å².